The highest BCUT2D eigenvalue weighted by Gasteiger charge is 2.16. The molecule has 1 amide bonds. The smallest absolute Gasteiger partial charge is 0.230 e. The summed E-state index contributed by atoms with van der Waals surface area (Å²) in [6.07, 6.45) is 1.00. The van der Waals surface area contributed by atoms with E-state index in [-0.39, 0.29) is 5.91 Å². The molecule has 0 fully saturated rings. The molecular formula is C25H32N4O2S. The normalized spacial score (nSPS) is 11.0. The Morgan fingerprint density at radius 3 is 2.41 bits per heavy atom. The fraction of sp³-hybridized carbons (Fsp3) is 0.400. The van der Waals surface area contributed by atoms with E-state index < -0.39 is 0 Å². The van der Waals surface area contributed by atoms with E-state index in [0.29, 0.717) is 24.8 Å². The van der Waals surface area contributed by atoms with Crippen LogP contribution in [0.3, 0.4) is 0 Å². The van der Waals surface area contributed by atoms with E-state index in [1.54, 1.807) is 0 Å². The van der Waals surface area contributed by atoms with Crippen LogP contribution in [0.1, 0.15) is 43.3 Å². The monoisotopic (exact) mass is 452 g/mol. The SMILES string of the molecule is CCc1ccc(OCc2nnc(SCC(=O)NCc3ccc(C)cc3)n2CC(C)C)cc1. The molecule has 0 unspecified atom stereocenters. The Bertz CT molecular complexity index is 998. The number of nitrogens with zero attached hydrogens (tertiary/aromatic N) is 3. The first-order valence-electron chi connectivity index (χ1n) is 11.0. The van der Waals surface area contributed by atoms with Crippen molar-refractivity contribution in [2.24, 2.45) is 5.92 Å². The topological polar surface area (TPSA) is 69.0 Å². The summed E-state index contributed by atoms with van der Waals surface area (Å²) in [7, 11) is 0. The van der Waals surface area contributed by atoms with E-state index in [1.807, 2.05) is 43.3 Å². The van der Waals surface area contributed by atoms with E-state index in [0.717, 1.165) is 35.3 Å². The van der Waals surface area contributed by atoms with Crippen molar-refractivity contribution >= 4 is 17.7 Å². The van der Waals surface area contributed by atoms with Gasteiger partial charge in [-0.3, -0.25) is 4.79 Å². The average Bonchev–Trinajstić information content (AvgIpc) is 3.17. The molecule has 3 rings (SSSR count). The number of carbonyl (C=O) groups excluding carboxylic acids is 1. The van der Waals surface area contributed by atoms with Crippen LogP contribution in [-0.4, -0.2) is 26.4 Å². The number of aromatic nitrogens is 3. The molecular weight excluding hydrogens is 420 g/mol. The summed E-state index contributed by atoms with van der Waals surface area (Å²) in [6.45, 7) is 10.1. The fourth-order valence-electron chi connectivity index (χ4n) is 3.14. The second kappa shape index (κ2) is 11.7. The van der Waals surface area contributed by atoms with Gasteiger partial charge in [0.2, 0.25) is 5.91 Å². The van der Waals surface area contributed by atoms with Gasteiger partial charge in [0.15, 0.2) is 11.0 Å². The highest BCUT2D eigenvalue weighted by Crippen LogP contribution is 2.20. The maximum Gasteiger partial charge on any atom is 0.230 e. The Labute approximate surface area is 194 Å². The molecule has 0 aliphatic carbocycles. The predicted molar refractivity (Wildman–Crippen MR) is 129 cm³/mol. The number of ether oxygens (including phenoxy) is 1. The third-order valence-electron chi connectivity index (χ3n) is 4.98. The lowest BCUT2D eigenvalue weighted by Gasteiger charge is -2.13. The summed E-state index contributed by atoms with van der Waals surface area (Å²) in [5.41, 5.74) is 3.57. The van der Waals surface area contributed by atoms with Crippen LogP contribution >= 0.6 is 11.8 Å². The average molecular weight is 453 g/mol. The zero-order valence-corrected chi connectivity index (χ0v) is 20.1. The summed E-state index contributed by atoms with van der Waals surface area (Å²) >= 11 is 1.40. The lowest BCUT2D eigenvalue weighted by molar-refractivity contribution is -0.118. The standard InChI is InChI=1S/C25H32N4O2S/c1-5-20-10-12-22(13-11-20)31-16-23-27-28-25(29(23)15-18(2)3)32-17-24(30)26-14-21-8-6-19(4)7-9-21/h6-13,18H,5,14-17H2,1-4H3,(H,26,30). The summed E-state index contributed by atoms with van der Waals surface area (Å²) in [6, 6.07) is 16.3. The van der Waals surface area contributed by atoms with Crippen LogP contribution in [0.2, 0.25) is 0 Å². The Kier molecular flexibility index (Phi) is 8.73. The van der Waals surface area contributed by atoms with Crippen LogP contribution in [-0.2, 0) is 30.9 Å². The number of amides is 1. The van der Waals surface area contributed by atoms with Gasteiger partial charge < -0.3 is 14.6 Å². The molecule has 1 N–H and O–H groups in total. The second-order valence-corrected chi connectivity index (χ2v) is 9.18. The highest BCUT2D eigenvalue weighted by atomic mass is 32.2. The van der Waals surface area contributed by atoms with Crippen molar-refractivity contribution in [3.63, 3.8) is 0 Å². The molecule has 170 valence electrons. The molecule has 0 bridgehead atoms. The maximum absolute atomic E-state index is 12.3. The zero-order valence-electron chi connectivity index (χ0n) is 19.3. The first kappa shape index (κ1) is 23.9. The third kappa shape index (κ3) is 7.12. The Morgan fingerprint density at radius 1 is 1.06 bits per heavy atom. The molecule has 1 heterocycles. The van der Waals surface area contributed by atoms with Gasteiger partial charge in [-0.25, -0.2) is 0 Å². The van der Waals surface area contributed by atoms with Gasteiger partial charge in [-0.2, -0.15) is 0 Å². The zero-order chi connectivity index (χ0) is 22.9. The van der Waals surface area contributed by atoms with Crippen LogP contribution in [0.5, 0.6) is 5.75 Å². The molecule has 7 heteroatoms. The van der Waals surface area contributed by atoms with Crippen molar-refractivity contribution in [1.29, 1.82) is 0 Å². The van der Waals surface area contributed by atoms with Crippen molar-refractivity contribution in [1.82, 2.24) is 20.1 Å². The number of carbonyl (C=O) groups is 1. The van der Waals surface area contributed by atoms with Gasteiger partial charge in [0.25, 0.3) is 0 Å². The lowest BCUT2D eigenvalue weighted by Crippen LogP contribution is -2.24. The number of benzene rings is 2. The van der Waals surface area contributed by atoms with Gasteiger partial charge >= 0.3 is 0 Å². The molecule has 1 aromatic heterocycles. The Hall–Kier alpha value is -2.80. The molecule has 0 radical (unpaired) electrons. The first-order chi connectivity index (χ1) is 15.4. The van der Waals surface area contributed by atoms with E-state index >= 15 is 0 Å². The molecule has 6 nitrogen and oxygen atoms in total. The molecule has 2 aromatic carbocycles. The van der Waals surface area contributed by atoms with Crippen molar-refractivity contribution < 1.29 is 9.53 Å². The van der Waals surface area contributed by atoms with Crippen LogP contribution in [0.15, 0.2) is 53.7 Å². The van der Waals surface area contributed by atoms with Crippen molar-refractivity contribution in [2.75, 3.05) is 5.75 Å². The fourth-order valence-corrected chi connectivity index (χ4v) is 3.93. The van der Waals surface area contributed by atoms with Crippen LogP contribution < -0.4 is 10.1 Å². The molecule has 0 spiro atoms. The molecule has 0 atom stereocenters. The van der Waals surface area contributed by atoms with Crippen LogP contribution in [0, 0.1) is 12.8 Å². The highest BCUT2D eigenvalue weighted by molar-refractivity contribution is 7.99. The molecule has 0 aliphatic rings. The summed E-state index contributed by atoms with van der Waals surface area (Å²) < 4.78 is 8.00. The lowest BCUT2D eigenvalue weighted by atomic mass is 10.1. The number of hydrogen-bond donors (Lipinski definition) is 1. The largest absolute Gasteiger partial charge is 0.486 e. The van der Waals surface area contributed by atoms with Gasteiger partial charge in [0.05, 0.1) is 5.75 Å². The molecule has 0 saturated heterocycles. The predicted octanol–water partition coefficient (Wildman–Crippen LogP) is 4.79. The van der Waals surface area contributed by atoms with Gasteiger partial charge in [-0.05, 0) is 42.5 Å². The number of nitrogens with one attached hydrogen (secondary N) is 1. The summed E-state index contributed by atoms with van der Waals surface area (Å²) in [5.74, 6) is 2.26. The minimum absolute atomic E-state index is 0.0246. The van der Waals surface area contributed by atoms with E-state index in [4.69, 9.17) is 4.74 Å². The van der Waals surface area contributed by atoms with Gasteiger partial charge in [-0.1, -0.05) is 74.5 Å². The number of hydrogen-bond acceptors (Lipinski definition) is 5. The first-order valence-corrected chi connectivity index (χ1v) is 12.0. The summed E-state index contributed by atoms with van der Waals surface area (Å²) in [5, 5.41) is 12.4. The van der Waals surface area contributed by atoms with Crippen molar-refractivity contribution in [3.8, 4) is 5.75 Å². The summed E-state index contributed by atoms with van der Waals surface area (Å²) in [4.78, 5) is 12.3. The van der Waals surface area contributed by atoms with Crippen molar-refractivity contribution in [2.45, 2.75) is 59.0 Å². The van der Waals surface area contributed by atoms with Crippen molar-refractivity contribution in [3.05, 3.63) is 71.0 Å². The molecule has 3 aromatic rings. The Morgan fingerprint density at radius 2 is 1.75 bits per heavy atom. The quantitative estimate of drug-likeness (QED) is 0.424. The number of rotatable bonds is 11. The second-order valence-electron chi connectivity index (χ2n) is 8.24. The third-order valence-corrected chi connectivity index (χ3v) is 5.95. The van der Waals surface area contributed by atoms with Gasteiger partial charge in [0, 0.05) is 13.1 Å². The molecule has 0 aliphatic heterocycles. The van der Waals surface area contributed by atoms with E-state index in [2.05, 4.69) is 53.0 Å². The molecule has 0 saturated carbocycles. The van der Waals surface area contributed by atoms with Crippen LogP contribution in [0.25, 0.3) is 0 Å². The van der Waals surface area contributed by atoms with E-state index in [1.165, 1.54) is 22.9 Å². The van der Waals surface area contributed by atoms with Gasteiger partial charge in [-0.15, -0.1) is 10.2 Å². The minimum Gasteiger partial charge on any atom is -0.486 e. The van der Waals surface area contributed by atoms with Gasteiger partial charge in [0.1, 0.15) is 12.4 Å². The maximum atomic E-state index is 12.3. The minimum atomic E-state index is -0.0246. The van der Waals surface area contributed by atoms with Crippen LogP contribution in [0.4, 0.5) is 0 Å². The molecule has 32 heavy (non-hydrogen) atoms. The number of thioether (sulfide) groups is 1. The van der Waals surface area contributed by atoms with E-state index in [9.17, 15) is 4.79 Å². The Balaban J connectivity index is 1.57. The number of aryl methyl sites for hydroxylation is 2.